The number of hydrogen-bond donors (Lipinski definition) is 2. The summed E-state index contributed by atoms with van der Waals surface area (Å²) in [7, 11) is 3.48. The number of halogens is 1. The van der Waals surface area contributed by atoms with Crippen LogP contribution in [-0.2, 0) is 11.3 Å². The van der Waals surface area contributed by atoms with Crippen molar-refractivity contribution in [3.8, 4) is 5.75 Å². The molecular weight excluding hydrogens is 431 g/mol. The number of methoxy groups -OCH3 is 1. The van der Waals surface area contributed by atoms with Crippen molar-refractivity contribution in [2.24, 2.45) is 10.9 Å². The lowest BCUT2D eigenvalue weighted by Gasteiger charge is -2.29. The van der Waals surface area contributed by atoms with Crippen LogP contribution in [0.2, 0.25) is 0 Å². The molecule has 1 aliphatic heterocycles. The first-order chi connectivity index (χ1) is 11.7. The van der Waals surface area contributed by atoms with Crippen molar-refractivity contribution in [3.05, 3.63) is 29.8 Å². The zero-order valence-corrected chi connectivity index (χ0v) is 17.8. The molecule has 0 aromatic heterocycles. The van der Waals surface area contributed by atoms with E-state index in [0.717, 1.165) is 57.6 Å². The van der Waals surface area contributed by atoms with Gasteiger partial charge < -0.3 is 20.1 Å². The fourth-order valence-electron chi connectivity index (χ4n) is 2.71. The van der Waals surface area contributed by atoms with Gasteiger partial charge in [-0.3, -0.25) is 9.89 Å². The van der Waals surface area contributed by atoms with E-state index in [9.17, 15) is 0 Å². The SMILES string of the molecule is CN=C(NCc1ccc(OC)cc1)NCC(C)CN1CCOCC1.I. The largest absolute Gasteiger partial charge is 0.497 e. The zero-order chi connectivity index (χ0) is 17.2. The lowest BCUT2D eigenvalue weighted by Crippen LogP contribution is -2.43. The molecule has 1 aromatic rings. The van der Waals surface area contributed by atoms with E-state index < -0.39 is 0 Å². The van der Waals surface area contributed by atoms with Crippen LogP contribution in [0.25, 0.3) is 0 Å². The number of nitrogens with zero attached hydrogens (tertiary/aromatic N) is 2. The first-order valence-electron chi connectivity index (χ1n) is 8.59. The first kappa shape index (κ1) is 22.0. The molecule has 7 heteroatoms. The summed E-state index contributed by atoms with van der Waals surface area (Å²) >= 11 is 0. The summed E-state index contributed by atoms with van der Waals surface area (Å²) < 4.78 is 10.6. The van der Waals surface area contributed by atoms with Crippen molar-refractivity contribution in [3.63, 3.8) is 0 Å². The summed E-state index contributed by atoms with van der Waals surface area (Å²) in [5.74, 6) is 2.26. The standard InChI is InChI=1S/C18H30N4O2.HI/c1-15(14-22-8-10-24-11-9-22)12-20-18(19-2)21-13-16-4-6-17(23-3)7-5-16;/h4-7,15H,8-14H2,1-3H3,(H2,19,20,21);1H. The molecule has 0 amide bonds. The third-order valence-corrected chi connectivity index (χ3v) is 4.13. The maximum absolute atomic E-state index is 5.39. The van der Waals surface area contributed by atoms with Crippen LogP contribution in [0, 0.1) is 5.92 Å². The van der Waals surface area contributed by atoms with Gasteiger partial charge in [-0.1, -0.05) is 19.1 Å². The molecule has 6 nitrogen and oxygen atoms in total. The average molecular weight is 462 g/mol. The number of ether oxygens (including phenoxy) is 2. The molecule has 0 saturated carbocycles. The molecule has 1 fully saturated rings. The van der Waals surface area contributed by atoms with Gasteiger partial charge in [0.15, 0.2) is 5.96 Å². The maximum atomic E-state index is 5.39. The van der Waals surface area contributed by atoms with Gasteiger partial charge in [0, 0.05) is 39.8 Å². The summed E-state index contributed by atoms with van der Waals surface area (Å²) in [4.78, 5) is 6.75. The third kappa shape index (κ3) is 8.24. The van der Waals surface area contributed by atoms with Gasteiger partial charge >= 0.3 is 0 Å². The molecule has 1 heterocycles. The topological polar surface area (TPSA) is 58.1 Å². The van der Waals surface area contributed by atoms with Crippen LogP contribution in [0.15, 0.2) is 29.3 Å². The van der Waals surface area contributed by atoms with E-state index in [4.69, 9.17) is 9.47 Å². The molecule has 1 saturated heterocycles. The van der Waals surface area contributed by atoms with Gasteiger partial charge in [-0.15, -0.1) is 24.0 Å². The molecule has 1 aliphatic rings. The number of nitrogens with one attached hydrogen (secondary N) is 2. The second kappa shape index (κ2) is 12.3. The van der Waals surface area contributed by atoms with Crippen LogP contribution in [0.4, 0.5) is 0 Å². The Morgan fingerprint density at radius 1 is 1.24 bits per heavy atom. The molecule has 0 bridgehead atoms. The number of aliphatic imine (C=N–C) groups is 1. The molecule has 2 rings (SSSR count). The molecule has 0 aliphatic carbocycles. The first-order valence-corrected chi connectivity index (χ1v) is 8.59. The second-order valence-electron chi connectivity index (χ2n) is 6.17. The molecule has 1 atom stereocenters. The number of morpholine rings is 1. The van der Waals surface area contributed by atoms with Crippen LogP contribution in [0.1, 0.15) is 12.5 Å². The summed E-state index contributed by atoms with van der Waals surface area (Å²) in [6, 6.07) is 8.05. The van der Waals surface area contributed by atoms with Crippen LogP contribution < -0.4 is 15.4 Å². The monoisotopic (exact) mass is 462 g/mol. The summed E-state index contributed by atoms with van der Waals surface area (Å²) in [6.07, 6.45) is 0. The van der Waals surface area contributed by atoms with Crippen molar-refractivity contribution >= 4 is 29.9 Å². The normalized spacial score (nSPS) is 16.7. The van der Waals surface area contributed by atoms with E-state index in [0.29, 0.717) is 5.92 Å². The van der Waals surface area contributed by atoms with Gasteiger partial charge in [-0.05, 0) is 23.6 Å². The fraction of sp³-hybridized carbons (Fsp3) is 0.611. The maximum Gasteiger partial charge on any atom is 0.191 e. The molecule has 142 valence electrons. The summed E-state index contributed by atoms with van der Waals surface area (Å²) in [6.45, 7) is 8.77. The molecule has 1 unspecified atom stereocenters. The zero-order valence-electron chi connectivity index (χ0n) is 15.5. The minimum absolute atomic E-state index is 0. The van der Waals surface area contributed by atoms with Crippen LogP contribution >= 0.6 is 24.0 Å². The Balaban J connectivity index is 0.00000312. The van der Waals surface area contributed by atoms with Crippen molar-refractivity contribution in [2.45, 2.75) is 13.5 Å². The Morgan fingerprint density at radius 2 is 1.92 bits per heavy atom. The lowest BCUT2D eigenvalue weighted by molar-refractivity contribution is 0.0320. The Hall–Kier alpha value is -1.06. The molecule has 1 aromatic carbocycles. The molecule has 0 radical (unpaired) electrons. The van der Waals surface area contributed by atoms with E-state index in [-0.39, 0.29) is 24.0 Å². The van der Waals surface area contributed by atoms with Gasteiger partial charge in [-0.25, -0.2) is 0 Å². The highest BCUT2D eigenvalue weighted by molar-refractivity contribution is 14.0. The Bertz CT molecular complexity index is 504. The smallest absolute Gasteiger partial charge is 0.191 e. The summed E-state index contributed by atoms with van der Waals surface area (Å²) in [5.41, 5.74) is 1.19. The third-order valence-electron chi connectivity index (χ3n) is 4.13. The summed E-state index contributed by atoms with van der Waals surface area (Å²) in [5, 5.41) is 6.75. The quantitative estimate of drug-likeness (QED) is 0.369. The van der Waals surface area contributed by atoms with E-state index >= 15 is 0 Å². The average Bonchev–Trinajstić information content (AvgIpc) is 2.63. The highest BCUT2D eigenvalue weighted by Gasteiger charge is 2.13. The van der Waals surface area contributed by atoms with E-state index in [1.54, 1.807) is 14.2 Å². The minimum Gasteiger partial charge on any atom is -0.497 e. The molecular formula is C18H31IN4O2. The Kier molecular flexibility index (Phi) is 10.8. The highest BCUT2D eigenvalue weighted by Crippen LogP contribution is 2.10. The van der Waals surface area contributed by atoms with Crippen LogP contribution in [0.3, 0.4) is 0 Å². The van der Waals surface area contributed by atoms with Crippen LogP contribution in [0.5, 0.6) is 5.75 Å². The van der Waals surface area contributed by atoms with Gasteiger partial charge in [0.05, 0.1) is 20.3 Å². The van der Waals surface area contributed by atoms with E-state index in [1.165, 1.54) is 5.56 Å². The van der Waals surface area contributed by atoms with Gasteiger partial charge in [0.25, 0.3) is 0 Å². The van der Waals surface area contributed by atoms with Gasteiger partial charge in [-0.2, -0.15) is 0 Å². The minimum atomic E-state index is 0. The van der Waals surface area contributed by atoms with Gasteiger partial charge in [0.1, 0.15) is 5.75 Å². The van der Waals surface area contributed by atoms with Crippen molar-refractivity contribution in [2.75, 3.05) is 53.6 Å². The predicted octanol–water partition coefficient (Wildman–Crippen LogP) is 1.95. The number of rotatable bonds is 7. The number of hydrogen-bond acceptors (Lipinski definition) is 4. The number of guanidine groups is 1. The predicted molar refractivity (Wildman–Crippen MR) is 113 cm³/mol. The Labute approximate surface area is 168 Å². The number of benzene rings is 1. The van der Waals surface area contributed by atoms with E-state index in [1.807, 2.05) is 12.1 Å². The molecule has 25 heavy (non-hydrogen) atoms. The fourth-order valence-corrected chi connectivity index (χ4v) is 2.71. The van der Waals surface area contributed by atoms with Crippen molar-refractivity contribution in [1.29, 1.82) is 0 Å². The lowest BCUT2D eigenvalue weighted by atomic mass is 10.1. The second-order valence-corrected chi connectivity index (χ2v) is 6.17. The van der Waals surface area contributed by atoms with Gasteiger partial charge in [0.2, 0.25) is 0 Å². The van der Waals surface area contributed by atoms with Crippen molar-refractivity contribution in [1.82, 2.24) is 15.5 Å². The Morgan fingerprint density at radius 3 is 2.52 bits per heavy atom. The van der Waals surface area contributed by atoms with E-state index in [2.05, 4.69) is 39.6 Å². The van der Waals surface area contributed by atoms with Crippen LogP contribution in [-0.4, -0.2) is 64.4 Å². The molecule has 0 spiro atoms. The molecule has 2 N–H and O–H groups in total. The highest BCUT2D eigenvalue weighted by atomic mass is 127. The van der Waals surface area contributed by atoms with Crippen molar-refractivity contribution < 1.29 is 9.47 Å².